The first-order valence-electron chi connectivity index (χ1n) is 7.37. The van der Waals surface area contributed by atoms with Gasteiger partial charge in [-0.3, -0.25) is 0 Å². The van der Waals surface area contributed by atoms with E-state index in [0.717, 1.165) is 24.7 Å². The van der Waals surface area contributed by atoms with E-state index in [1.165, 1.54) is 4.47 Å². The molecule has 2 aromatic rings. The van der Waals surface area contributed by atoms with Crippen molar-refractivity contribution in [3.8, 4) is 5.75 Å². The SMILES string of the molecule is c1ccc(OC[C@@H]2C[C@@H](C[Te]c3ccccc3)CO2)cc1. The first-order chi connectivity index (χ1) is 10.4. The second kappa shape index (κ2) is 7.84. The maximum absolute atomic E-state index is 5.87. The number of hydrogen-bond acceptors (Lipinski definition) is 2. The molecule has 1 fully saturated rings. The first kappa shape index (κ1) is 14.9. The van der Waals surface area contributed by atoms with Crippen molar-refractivity contribution in [3.63, 3.8) is 0 Å². The van der Waals surface area contributed by atoms with E-state index in [2.05, 4.69) is 30.3 Å². The van der Waals surface area contributed by atoms with Gasteiger partial charge in [0.2, 0.25) is 0 Å². The monoisotopic (exact) mass is 398 g/mol. The third-order valence-corrected chi connectivity index (χ3v) is 7.12. The molecule has 3 heteroatoms. The molecule has 0 radical (unpaired) electrons. The van der Waals surface area contributed by atoms with Gasteiger partial charge >= 0.3 is 137 Å². The number of hydrogen-bond donors (Lipinski definition) is 0. The van der Waals surface area contributed by atoms with E-state index in [9.17, 15) is 0 Å². The molecular formula is C18H20O2Te. The Hall–Kier alpha value is -1.01. The topological polar surface area (TPSA) is 18.5 Å². The Balaban J connectivity index is 1.39. The number of benzene rings is 2. The molecule has 0 unspecified atom stereocenters. The van der Waals surface area contributed by atoms with Gasteiger partial charge in [0.25, 0.3) is 0 Å². The maximum atomic E-state index is 5.87. The van der Waals surface area contributed by atoms with E-state index in [0.29, 0.717) is 6.61 Å². The molecule has 1 aliphatic heterocycles. The summed E-state index contributed by atoms with van der Waals surface area (Å²) in [5, 5.41) is 0. The minimum absolute atomic E-state index is 0.0664. The van der Waals surface area contributed by atoms with E-state index in [1.807, 2.05) is 30.3 Å². The zero-order valence-corrected chi connectivity index (χ0v) is 14.3. The molecule has 2 atom stereocenters. The van der Waals surface area contributed by atoms with Crippen LogP contribution in [0.3, 0.4) is 0 Å². The van der Waals surface area contributed by atoms with Gasteiger partial charge in [0, 0.05) is 0 Å². The quantitative estimate of drug-likeness (QED) is 0.700. The van der Waals surface area contributed by atoms with E-state index < -0.39 is 0 Å². The molecule has 3 rings (SSSR count). The average molecular weight is 396 g/mol. The molecule has 1 saturated heterocycles. The van der Waals surface area contributed by atoms with Gasteiger partial charge in [-0.2, -0.15) is 0 Å². The second-order valence-electron chi connectivity index (χ2n) is 5.31. The fourth-order valence-electron chi connectivity index (χ4n) is 2.45. The normalized spacial score (nSPS) is 21.3. The van der Waals surface area contributed by atoms with Gasteiger partial charge in [0.15, 0.2) is 0 Å². The second-order valence-corrected chi connectivity index (χ2v) is 8.43. The molecule has 0 bridgehead atoms. The fraction of sp³-hybridized carbons (Fsp3) is 0.333. The van der Waals surface area contributed by atoms with Crippen molar-refractivity contribution in [3.05, 3.63) is 60.7 Å². The Morgan fingerprint density at radius 3 is 2.48 bits per heavy atom. The van der Waals surface area contributed by atoms with Crippen LogP contribution in [0.1, 0.15) is 6.42 Å². The zero-order chi connectivity index (χ0) is 14.3. The Morgan fingerprint density at radius 2 is 1.71 bits per heavy atom. The molecule has 2 nitrogen and oxygen atoms in total. The average Bonchev–Trinajstić information content (AvgIpc) is 3.01. The van der Waals surface area contributed by atoms with Crippen LogP contribution in [0.25, 0.3) is 0 Å². The van der Waals surface area contributed by atoms with Crippen molar-refractivity contribution in [2.75, 3.05) is 13.2 Å². The number of rotatable bonds is 6. The van der Waals surface area contributed by atoms with Gasteiger partial charge in [-0.15, -0.1) is 0 Å². The van der Waals surface area contributed by atoms with Crippen molar-refractivity contribution in [1.82, 2.24) is 0 Å². The third-order valence-electron chi connectivity index (χ3n) is 3.57. The fourth-order valence-corrected chi connectivity index (χ4v) is 5.33. The summed E-state index contributed by atoms with van der Waals surface area (Å²) < 4.78 is 14.5. The van der Waals surface area contributed by atoms with Crippen molar-refractivity contribution < 1.29 is 9.47 Å². The van der Waals surface area contributed by atoms with Crippen molar-refractivity contribution >= 4 is 24.5 Å². The van der Waals surface area contributed by atoms with E-state index >= 15 is 0 Å². The Kier molecular flexibility index (Phi) is 5.57. The molecule has 0 aromatic heterocycles. The molecule has 0 aliphatic carbocycles. The molecule has 0 saturated carbocycles. The van der Waals surface area contributed by atoms with Crippen molar-refractivity contribution in [1.29, 1.82) is 0 Å². The molecule has 2 aromatic carbocycles. The van der Waals surface area contributed by atoms with Crippen molar-refractivity contribution in [2.45, 2.75) is 17.0 Å². The molecule has 21 heavy (non-hydrogen) atoms. The number of para-hydroxylation sites is 1. The summed E-state index contributed by atoms with van der Waals surface area (Å²) in [5.74, 6) is 1.65. The van der Waals surface area contributed by atoms with Crippen LogP contribution < -0.4 is 8.35 Å². The molecule has 1 aliphatic rings. The summed E-state index contributed by atoms with van der Waals surface area (Å²) in [6.07, 6.45) is 1.41. The minimum atomic E-state index is -0.0664. The van der Waals surface area contributed by atoms with E-state index in [-0.39, 0.29) is 27.0 Å². The summed E-state index contributed by atoms with van der Waals surface area (Å²) in [4.78, 5) is 0. The summed E-state index contributed by atoms with van der Waals surface area (Å²) in [7, 11) is 0. The summed E-state index contributed by atoms with van der Waals surface area (Å²) in [6, 6.07) is 20.9. The van der Waals surface area contributed by atoms with Crippen LogP contribution in [-0.2, 0) is 4.74 Å². The van der Waals surface area contributed by atoms with Gasteiger partial charge in [0.05, 0.1) is 0 Å². The predicted octanol–water partition coefficient (Wildman–Crippen LogP) is 2.92. The molecular weight excluding hydrogens is 376 g/mol. The molecule has 0 N–H and O–H groups in total. The van der Waals surface area contributed by atoms with Gasteiger partial charge in [-0.1, -0.05) is 0 Å². The van der Waals surface area contributed by atoms with Crippen LogP contribution in [0, 0.1) is 5.92 Å². The zero-order valence-electron chi connectivity index (χ0n) is 12.0. The van der Waals surface area contributed by atoms with E-state index in [4.69, 9.17) is 9.47 Å². The number of ether oxygens (including phenoxy) is 2. The molecule has 1 heterocycles. The van der Waals surface area contributed by atoms with Gasteiger partial charge in [0.1, 0.15) is 0 Å². The van der Waals surface area contributed by atoms with Gasteiger partial charge < -0.3 is 0 Å². The van der Waals surface area contributed by atoms with Crippen LogP contribution in [0.4, 0.5) is 0 Å². The Labute approximate surface area is 136 Å². The summed E-state index contributed by atoms with van der Waals surface area (Å²) in [6.45, 7) is 1.58. The van der Waals surface area contributed by atoms with E-state index in [1.54, 1.807) is 3.61 Å². The standard InChI is InChI=1S/C18H20O2Te/c1-3-7-16(8-4-1)20-13-17-11-15(12-19-17)14-21-18-9-5-2-6-10-18/h1-10,15,17H,11-14H2/t15-,17+/m1/s1. The Bertz CT molecular complexity index is 480. The van der Waals surface area contributed by atoms with Crippen LogP contribution in [0.2, 0.25) is 4.47 Å². The summed E-state index contributed by atoms with van der Waals surface area (Å²) in [5.41, 5.74) is 0. The molecule has 110 valence electrons. The van der Waals surface area contributed by atoms with Crippen LogP contribution in [-0.4, -0.2) is 40.2 Å². The van der Waals surface area contributed by atoms with Crippen LogP contribution in [0.15, 0.2) is 60.7 Å². The Morgan fingerprint density at radius 1 is 1.00 bits per heavy atom. The van der Waals surface area contributed by atoms with Gasteiger partial charge in [-0.05, 0) is 0 Å². The molecule has 0 amide bonds. The van der Waals surface area contributed by atoms with Crippen LogP contribution in [0.5, 0.6) is 5.75 Å². The van der Waals surface area contributed by atoms with Crippen LogP contribution >= 0.6 is 0 Å². The molecule has 0 spiro atoms. The van der Waals surface area contributed by atoms with Gasteiger partial charge in [-0.25, -0.2) is 0 Å². The predicted molar refractivity (Wildman–Crippen MR) is 86.4 cm³/mol. The summed E-state index contributed by atoms with van der Waals surface area (Å²) >= 11 is -0.0664. The third kappa shape index (κ3) is 4.74. The van der Waals surface area contributed by atoms with Crippen molar-refractivity contribution in [2.24, 2.45) is 5.92 Å². The first-order valence-corrected chi connectivity index (χ1v) is 10.2.